The second-order valence-electron chi connectivity index (χ2n) is 5.65. The van der Waals surface area contributed by atoms with Crippen LogP contribution in [0.3, 0.4) is 0 Å². The van der Waals surface area contributed by atoms with Gasteiger partial charge in [-0.05, 0) is 17.5 Å². The molecule has 0 amide bonds. The molecule has 2 aromatic carbocycles. The summed E-state index contributed by atoms with van der Waals surface area (Å²) in [6, 6.07) is 10.6. The predicted octanol–water partition coefficient (Wildman–Crippen LogP) is -0.130. The molecule has 0 bridgehead atoms. The molecule has 0 unspecified atom stereocenters. The number of hydrogen-bond acceptors (Lipinski definition) is 8. The normalized spacial score (nSPS) is 10.7. The number of rotatable bonds is 4. The van der Waals surface area contributed by atoms with Crippen LogP contribution in [0.4, 0.5) is 23.3 Å². The topological polar surface area (TPSA) is 181 Å². The van der Waals surface area contributed by atoms with Gasteiger partial charge in [0.1, 0.15) is 0 Å². The summed E-state index contributed by atoms with van der Waals surface area (Å²) in [5, 5.41) is 7.23. The largest absolute Gasteiger partial charge is 0.352 e. The van der Waals surface area contributed by atoms with Crippen molar-refractivity contribution in [2.45, 2.75) is 0 Å². The van der Waals surface area contributed by atoms with E-state index in [2.05, 4.69) is 30.6 Å². The molecule has 0 aliphatic heterocycles. The molecule has 2 heterocycles. The molecule has 0 fully saturated rings. The molecule has 2 aromatic heterocycles. The van der Waals surface area contributed by atoms with E-state index in [-0.39, 0.29) is 11.9 Å². The van der Waals surface area contributed by atoms with Crippen molar-refractivity contribution in [3.63, 3.8) is 0 Å². The van der Waals surface area contributed by atoms with Crippen LogP contribution in [0.1, 0.15) is 0 Å². The maximum Gasteiger partial charge on any atom is 0.352 e. The average Bonchev–Trinajstić information content (AvgIpc) is 2.60. The van der Waals surface area contributed by atoms with Gasteiger partial charge >= 0.3 is 22.8 Å². The first-order valence-electron chi connectivity index (χ1n) is 7.95. The molecule has 12 heteroatoms. The predicted molar refractivity (Wildman–Crippen MR) is 101 cm³/mol. The molecule has 0 saturated heterocycles. The zero-order valence-electron chi connectivity index (χ0n) is 14.0. The van der Waals surface area contributed by atoms with Crippen molar-refractivity contribution in [3.8, 4) is 0 Å². The van der Waals surface area contributed by atoms with Crippen molar-refractivity contribution in [3.05, 3.63) is 78.3 Å². The maximum atomic E-state index is 11.5. The molecule has 6 N–H and O–H groups in total. The second kappa shape index (κ2) is 6.68. The van der Waals surface area contributed by atoms with Gasteiger partial charge in [-0.15, -0.1) is 0 Å². The average molecular weight is 380 g/mol. The van der Waals surface area contributed by atoms with Crippen LogP contribution in [-0.2, 0) is 0 Å². The van der Waals surface area contributed by atoms with Crippen LogP contribution in [0.15, 0.2) is 55.6 Å². The number of nitrogens with one attached hydrogen (secondary N) is 6. The molecule has 140 valence electrons. The first-order valence-corrected chi connectivity index (χ1v) is 7.95. The molecule has 0 aliphatic rings. The monoisotopic (exact) mass is 380 g/mol. The van der Waals surface area contributed by atoms with Gasteiger partial charge in [-0.25, -0.2) is 19.2 Å². The van der Waals surface area contributed by atoms with E-state index in [1.165, 1.54) is 0 Å². The van der Waals surface area contributed by atoms with Gasteiger partial charge in [-0.1, -0.05) is 24.3 Å². The van der Waals surface area contributed by atoms with Crippen molar-refractivity contribution in [1.29, 1.82) is 0 Å². The Morgan fingerprint density at radius 2 is 1.11 bits per heavy atom. The van der Waals surface area contributed by atoms with E-state index in [1.54, 1.807) is 24.3 Å². The van der Waals surface area contributed by atoms with E-state index in [0.717, 1.165) is 5.39 Å². The fraction of sp³-hybridized carbons (Fsp3) is 0. The van der Waals surface area contributed by atoms with Gasteiger partial charge in [0, 0.05) is 5.39 Å². The van der Waals surface area contributed by atoms with Gasteiger partial charge in [0.2, 0.25) is 11.9 Å². The Hall–Kier alpha value is -4.48. The van der Waals surface area contributed by atoms with E-state index < -0.39 is 22.8 Å². The highest BCUT2D eigenvalue weighted by molar-refractivity contribution is 6.04. The zero-order chi connectivity index (χ0) is 19.7. The van der Waals surface area contributed by atoms with Gasteiger partial charge in [0.05, 0.1) is 11.4 Å². The minimum absolute atomic E-state index is 0.0428. The summed E-state index contributed by atoms with van der Waals surface area (Å²) in [6.45, 7) is 0. The van der Waals surface area contributed by atoms with E-state index in [1.807, 2.05) is 22.1 Å². The number of aromatic nitrogens is 6. The summed E-state index contributed by atoms with van der Waals surface area (Å²) in [4.78, 5) is 61.8. The molecule has 0 aliphatic carbocycles. The Balaban J connectivity index is 1.84. The zero-order valence-corrected chi connectivity index (χ0v) is 14.0. The van der Waals surface area contributed by atoms with Crippen LogP contribution >= 0.6 is 0 Å². The highest BCUT2D eigenvalue weighted by Gasteiger charge is 2.10. The van der Waals surface area contributed by atoms with Gasteiger partial charge in [-0.3, -0.25) is 19.9 Å². The standard InChI is InChI=1S/C16H12N8O4/c25-13-19-11(20-14(26)23-13)17-8-5-1-3-7-4-2-6-9(10(7)8)18-12-21-15(27)24-16(28)22-12/h1-6H,(H3,17,19,20,23,25,26)(H3,18,21,22,24,27,28). The number of benzene rings is 2. The lowest BCUT2D eigenvalue weighted by Crippen LogP contribution is -2.26. The summed E-state index contributed by atoms with van der Waals surface area (Å²) in [7, 11) is 0. The first kappa shape index (κ1) is 17.0. The van der Waals surface area contributed by atoms with Gasteiger partial charge in [-0.2, -0.15) is 9.97 Å². The van der Waals surface area contributed by atoms with Crippen molar-refractivity contribution in [1.82, 2.24) is 29.9 Å². The minimum Gasteiger partial charge on any atom is -0.325 e. The van der Waals surface area contributed by atoms with Gasteiger partial charge in [0.25, 0.3) is 0 Å². The summed E-state index contributed by atoms with van der Waals surface area (Å²) in [5.74, 6) is -0.0857. The van der Waals surface area contributed by atoms with Crippen molar-refractivity contribution in [2.24, 2.45) is 0 Å². The quantitative estimate of drug-likeness (QED) is 0.283. The van der Waals surface area contributed by atoms with E-state index in [0.29, 0.717) is 16.8 Å². The Morgan fingerprint density at radius 3 is 1.54 bits per heavy atom. The van der Waals surface area contributed by atoms with E-state index in [4.69, 9.17) is 0 Å². The first-order chi connectivity index (χ1) is 13.5. The Kier molecular flexibility index (Phi) is 4.04. The molecule has 0 spiro atoms. The Bertz CT molecular complexity index is 1250. The third-order valence-corrected chi connectivity index (χ3v) is 3.74. The lowest BCUT2D eigenvalue weighted by atomic mass is 10.1. The van der Waals surface area contributed by atoms with Gasteiger partial charge < -0.3 is 10.6 Å². The Labute approximate surface area is 153 Å². The fourth-order valence-electron chi connectivity index (χ4n) is 2.71. The van der Waals surface area contributed by atoms with Crippen LogP contribution in [-0.4, -0.2) is 29.9 Å². The summed E-state index contributed by atoms with van der Waals surface area (Å²) < 4.78 is 0. The molecule has 0 saturated carbocycles. The summed E-state index contributed by atoms with van der Waals surface area (Å²) in [5.41, 5.74) is -1.97. The number of nitrogens with zero attached hydrogens (tertiary/aromatic N) is 2. The molecule has 4 aromatic rings. The number of anilines is 4. The van der Waals surface area contributed by atoms with Crippen LogP contribution in [0.25, 0.3) is 10.8 Å². The lowest BCUT2D eigenvalue weighted by molar-refractivity contribution is 0.942. The van der Waals surface area contributed by atoms with Crippen LogP contribution in [0, 0.1) is 0 Å². The molecule has 4 rings (SSSR count). The molecule has 0 radical (unpaired) electrons. The number of aromatic amines is 4. The lowest BCUT2D eigenvalue weighted by Gasteiger charge is -2.13. The smallest absolute Gasteiger partial charge is 0.325 e. The number of fused-ring (bicyclic) bond motifs is 1. The molecule has 0 atom stereocenters. The molecule has 28 heavy (non-hydrogen) atoms. The van der Waals surface area contributed by atoms with Gasteiger partial charge in [0.15, 0.2) is 0 Å². The maximum absolute atomic E-state index is 11.5. The number of H-pyrrole nitrogens is 4. The highest BCUT2D eigenvalue weighted by atomic mass is 16.2. The summed E-state index contributed by atoms with van der Waals surface area (Å²) in [6.07, 6.45) is 0. The SMILES string of the molecule is O=c1nc(Nc2cccc3cccc(Nc4nc(=O)[nH]c(=O)[nH]4)c23)[nH]c(=O)[nH]1. The van der Waals surface area contributed by atoms with Crippen LogP contribution in [0.2, 0.25) is 0 Å². The fourth-order valence-corrected chi connectivity index (χ4v) is 2.71. The van der Waals surface area contributed by atoms with Crippen molar-refractivity contribution < 1.29 is 0 Å². The Morgan fingerprint density at radius 1 is 0.643 bits per heavy atom. The molecule has 12 nitrogen and oxygen atoms in total. The highest BCUT2D eigenvalue weighted by Crippen LogP contribution is 2.32. The third-order valence-electron chi connectivity index (χ3n) is 3.74. The molecular weight excluding hydrogens is 368 g/mol. The third kappa shape index (κ3) is 3.41. The second-order valence-corrected chi connectivity index (χ2v) is 5.65. The minimum atomic E-state index is -0.796. The summed E-state index contributed by atoms with van der Waals surface area (Å²) >= 11 is 0. The van der Waals surface area contributed by atoms with E-state index >= 15 is 0 Å². The van der Waals surface area contributed by atoms with Crippen LogP contribution in [0.5, 0.6) is 0 Å². The van der Waals surface area contributed by atoms with Crippen molar-refractivity contribution >= 4 is 34.0 Å². The molecular formula is C16H12N8O4. The van der Waals surface area contributed by atoms with E-state index in [9.17, 15) is 19.2 Å². The van der Waals surface area contributed by atoms with Crippen LogP contribution < -0.4 is 33.4 Å². The number of hydrogen-bond donors (Lipinski definition) is 6. The van der Waals surface area contributed by atoms with Crippen molar-refractivity contribution in [2.75, 3.05) is 10.6 Å².